The van der Waals surface area contributed by atoms with Crippen molar-refractivity contribution in [2.75, 3.05) is 12.4 Å². The van der Waals surface area contributed by atoms with Crippen LogP contribution in [0.15, 0.2) is 54.6 Å². The van der Waals surface area contributed by atoms with Gasteiger partial charge in [-0.2, -0.15) is 0 Å². The normalized spacial score (nSPS) is 13.1. The molecule has 138 valence electrons. The second-order valence-corrected chi connectivity index (χ2v) is 7.48. The quantitative estimate of drug-likeness (QED) is 0.594. The number of carboxylic acid groups (broad SMARTS) is 1. The molecular formula is C20H23NO4S. The molecule has 26 heavy (non-hydrogen) atoms. The summed E-state index contributed by atoms with van der Waals surface area (Å²) < 4.78 is -1.20. The lowest BCUT2D eigenvalue weighted by atomic mass is 9.92. The molecule has 4 N–H and O–H groups in total. The second kappa shape index (κ2) is 9.40. The summed E-state index contributed by atoms with van der Waals surface area (Å²) in [7, 11) is 0. The van der Waals surface area contributed by atoms with Crippen LogP contribution in [0.25, 0.3) is 11.1 Å². The number of rotatable bonds is 10. The predicted molar refractivity (Wildman–Crippen MR) is 104 cm³/mol. The molecule has 0 heterocycles. The van der Waals surface area contributed by atoms with E-state index in [1.54, 1.807) is 0 Å². The van der Waals surface area contributed by atoms with Crippen LogP contribution >= 0.6 is 11.8 Å². The van der Waals surface area contributed by atoms with Gasteiger partial charge in [0.15, 0.2) is 0 Å². The molecule has 0 aliphatic carbocycles. The number of aliphatic hydroxyl groups excluding tert-OH is 1. The number of amides is 1. The minimum Gasteiger partial charge on any atom is -0.480 e. The summed E-state index contributed by atoms with van der Waals surface area (Å²) in [5.41, 5.74) is 8.14. The van der Waals surface area contributed by atoms with Gasteiger partial charge in [-0.3, -0.25) is 9.59 Å². The second-order valence-electron chi connectivity index (χ2n) is 6.12. The van der Waals surface area contributed by atoms with Crippen molar-refractivity contribution >= 4 is 23.6 Å². The molecule has 2 rings (SSSR count). The summed E-state index contributed by atoms with van der Waals surface area (Å²) in [5, 5.41) is 19.0. The number of aliphatic hydroxyl groups is 1. The Balaban J connectivity index is 2.31. The standard InChI is InChI=1S/C20H23NO4S/c21-18(23)14-26-20(19(24)25,10-5-11-22)13-15-6-4-9-17(12-15)16-7-2-1-3-8-16/h1-4,6-9,12,22H,5,10-11,13-14H2,(H2,21,23)(H,24,25). The Kier molecular flexibility index (Phi) is 7.24. The van der Waals surface area contributed by atoms with Gasteiger partial charge in [-0.25, -0.2) is 0 Å². The van der Waals surface area contributed by atoms with Crippen molar-refractivity contribution in [2.24, 2.45) is 5.73 Å². The maximum absolute atomic E-state index is 12.0. The third-order valence-corrected chi connectivity index (χ3v) is 5.65. The molecule has 6 heteroatoms. The first-order valence-corrected chi connectivity index (χ1v) is 9.36. The molecule has 0 saturated carbocycles. The van der Waals surface area contributed by atoms with Gasteiger partial charge in [-0.1, -0.05) is 54.6 Å². The summed E-state index contributed by atoms with van der Waals surface area (Å²) >= 11 is 1.04. The number of hydrogen-bond donors (Lipinski definition) is 3. The summed E-state index contributed by atoms with van der Waals surface area (Å²) in [6.45, 7) is -0.101. The largest absolute Gasteiger partial charge is 0.480 e. The van der Waals surface area contributed by atoms with Crippen molar-refractivity contribution in [3.8, 4) is 11.1 Å². The first-order valence-electron chi connectivity index (χ1n) is 8.38. The average Bonchev–Trinajstić information content (AvgIpc) is 2.64. The van der Waals surface area contributed by atoms with Crippen LogP contribution in [0.1, 0.15) is 18.4 Å². The van der Waals surface area contributed by atoms with E-state index >= 15 is 0 Å². The monoisotopic (exact) mass is 373 g/mol. The van der Waals surface area contributed by atoms with Crippen LogP contribution in [0.3, 0.4) is 0 Å². The van der Waals surface area contributed by atoms with Gasteiger partial charge in [-0.15, -0.1) is 11.8 Å². The van der Waals surface area contributed by atoms with Gasteiger partial charge in [0.2, 0.25) is 5.91 Å². The third kappa shape index (κ3) is 5.34. The molecule has 2 aromatic carbocycles. The van der Waals surface area contributed by atoms with Gasteiger partial charge < -0.3 is 15.9 Å². The predicted octanol–water partition coefficient (Wildman–Crippen LogP) is 2.71. The lowest BCUT2D eigenvalue weighted by molar-refractivity contribution is -0.140. The number of carbonyl (C=O) groups is 2. The van der Waals surface area contributed by atoms with E-state index in [0.29, 0.717) is 6.42 Å². The Morgan fingerprint density at radius 3 is 2.35 bits per heavy atom. The van der Waals surface area contributed by atoms with Crippen molar-refractivity contribution in [1.29, 1.82) is 0 Å². The molecule has 0 aliphatic heterocycles. The van der Waals surface area contributed by atoms with E-state index in [0.717, 1.165) is 28.5 Å². The minimum absolute atomic E-state index is 0.0733. The van der Waals surface area contributed by atoms with E-state index in [1.807, 2.05) is 54.6 Å². The van der Waals surface area contributed by atoms with Crippen molar-refractivity contribution in [2.45, 2.75) is 24.0 Å². The summed E-state index contributed by atoms with van der Waals surface area (Å²) in [4.78, 5) is 23.2. The SMILES string of the molecule is NC(=O)CSC(CCCO)(Cc1cccc(-c2ccccc2)c1)C(=O)O. The molecule has 0 fully saturated rings. The zero-order valence-corrected chi connectivity index (χ0v) is 15.2. The zero-order valence-electron chi connectivity index (χ0n) is 14.4. The zero-order chi connectivity index (χ0) is 19.0. The molecule has 0 aliphatic rings. The lowest BCUT2D eigenvalue weighted by Crippen LogP contribution is -2.39. The van der Waals surface area contributed by atoms with Crippen LogP contribution in [0.5, 0.6) is 0 Å². The molecule has 1 unspecified atom stereocenters. The van der Waals surface area contributed by atoms with E-state index in [1.165, 1.54) is 0 Å². The molecule has 2 aromatic rings. The number of thioether (sulfide) groups is 1. The van der Waals surface area contributed by atoms with Crippen molar-refractivity contribution in [3.63, 3.8) is 0 Å². The molecule has 5 nitrogen and oxygen atoms in total. The number of benzene rings is 2. The van der Waals surface area contributed by atoms with Gasteiger partial charge in [0.1, 0.15) is 4.75 Å². The fourth-order valence-electron chi connectivity index (χ4n) is 2.85. The highest BCUT2D eigenvalue weighted by molar-refractivity contribution is 8.02. The Bertz CT molecular complexity index is 750. The Morgan fingerprint density at radius 1 is 1.04 bits per heavy atom. The van der Waals surface area contributed by atoms with Crippen LogP contribution in [-0.2, 0) is 16.0 Å². The first-order chi connectivity index (χ1) is 12.5. The highest BCUT2D eigenvalue weighted by Gasteiger charge is 2.39. The molecular weight excluding hydrogens is 350 g/mol. The Hall–Kier alpha value is -2.31. The summed E-state index contributed by atoms with van der Waals surface area (Å²) in [5.74, 6) is -1.62. The minimum atomic E-state index is -1.20. The Labute approximate surface area is 157 Å². The fraction of sp³-hybridized carbons (Fsp3) is 0.300. The van der Waals surface area contributed by atoms with Crippen molar-refractivity contribution in [1.82, 2.24) is 0 Å². The highest BCUT2D eigenvalue weighted by atomic mass is 32.2. The van der Waals surface area contributed by atoms with Gasteiger partial charge in [0, 0.05) is 6.61 Å². The average molecular weight is 373 g/mol. The van der Waals surface area contributed by atoms with E-state index in [9.17, 15) is 14.7 Å². The number of carboxylic acids is 1. The molecule has 0 spiro atoms. The first kappa shape index (κ1) is 20.0. The molecule has 0 saturated heterocycles. The maximum Gasteiger partial charge on any atom is 0.320 e. The lowest BCUT2D eigenvalue weighted by Gasteiger charge is -2.28. The smallest absolute Gasteiger partial charge is 0.320 e. The maximum atomic E-state index is 12.0. The summed E-state index contributed by atoms with van der Waals surface area (Å²) in [6.07, 6.45) is 0.851. The molecule has 0 aromatic heterocycles. The molecule has 1 amide bonds. The van der Waals surface area contributed by atoms with Crippen LogP contribution < -0.4 is 5.73 Å². The molecule has 0 radical (unpaired) electrons. The van der Waals surface area contributed by atoms with E-state index < -0.39 is 16.6 Å². The van der Waals surface area contributed by atoms with Crippen LogP contribution in [0.4, 0.5) is 0 Å². The molecule has 0 bridgehead atoms. The number of nitrogens with two attached hydrogens (primary N) is 1. The van der Waals surface area contributed by atoms with Crippen molar-refractivity contribution < 1.29 is 19.8 Å². The van der Waals surface area contributed by atoms with Crippen LogP contribution in [0, 0.1) is 0 Å². The number of primary amides is 1. The highest BCUT2D eigenvalue weighted by Crippen LogP contribution is 2.35. The van der Waals surface area contributed by atoms with Gasteiger partial charge in [0.05, 0.1) is 5.75 Å². The molecule has 1 atom stereocenters. The van der Waals surface area contributed by atoms with Crippen LogP contribution in [0.2, 0.25) is 0 Å². The number of aliphatic carboxylic acids is 1. The van der Waals surface area contributed by atoms with Gasteiger partial charge in [-0.05, 0) is 36.0 Å². The Morgan fingerprint density at radius 2 is 1.73 bits per heavy atom. The van der Waals surface area contributed by atoms with Gasteiger partial charge in [0.25, 0.3) is 0 Å². The van der Waals surface area contributed by atoms with E-state index in [4.69, 9.17) is 10.8 Å². The third-order valence-electron chi connectivity index (χ3n) is 4.14. The number of hydrogen-bond acceptors (Lipinski definition) is 4. The van der Waals surface area contributed by atoms with Gasteiger partial charge >= 0.3 is 5.97 Å². The van der Waals surface area contributed by atoms with E-state index in [2.05, 4.69) is 0 Å². The summed E-state index contributed by atoms with van der Waals surface area (Å²) in [6, 6.07) is 17.6. The number of carbonyl (C=O) groups excluding carboxylic acids is 1. The topological polar surface area (TPSA) is 101 Å². The fourth-order valence-corrected chi connectivity index (χ4v) is 3.95. The van der Waals surface area contributed by atoms with E-state index in [-0.39, 0.29) is 25.2 Å². The van der Waals surface area contributed by atoms with Crippen molar-refractivity contribution in [3.05, 3.63) is 60.2 Å². The van der Waals surface area contributed by atoms with Crippen LogP contribution in [-0.4, -0.2) is 39.2 Å².